The van der Waals surface area contributed by atoms with Crippen LogP contribution in [0.3, 0.4) is 0 Å². The van der Waals surface area contributed by atoms with Crippen molar-refractivity contribution in [2.75, 3.05) is 6.61 Å². The quantitative estimate of drug-likeness (QED) is 0.491. The van der Waals surface area contributed by atoms with Gasteiger partial charge in [-0.05, 0) is 6.42 Å². The van der Waals surface area contributed by atoms with Crippen molar-refractivity contribution >= 4 is 11.6 Å². The number of ether oxygens (including phenoxy) is 1. The molecule has 0 saturated carbocycles. The molecule has 0 fully saturated rings. The lowest BCUT2D eigenvalue weighted by atomic mass is 10.1. The lowest BCUT2D eigenvalue weighted by Crippen LogP contribution is -2.44. The van der Waals surface area contributed by atoms with Crippen molar-refractivity contribution in [2.45, 2.75) is 32.0 Å². The molecule has 1 aromatic carbocycles. The Morgan fingerprint density at radius 1 is 1.11 bits per heavy atom. The van der Waals surface area contributed by atoms with Crippen LogP contribution in [0.1, 0.15) is 46.9 Å². The Balaban J connectivity index is 2.16. The molecule has 0 saturated heterocycles. The van der Waals surface area contributed by atoms with Crippen molar-refractivity contribution < 1.29 is 19.4 Å². The van der Waals surface area contributed by atoms with Crippen molar-refractivity contribution in [1.82, 2.24) is 0 Å². The first-order chi connectivity index (χ1) is 8.61. The predicted molar refractivity (Wildman–Crippen MR) is 65.5 cm³/mol. The highest BCUT2D eigenvalue weighted by atomic mass is 16.6. The molecule has 2 rings (SSSR count). The van der Waals surface area contributed by atoms with E-state index in [2.05, 4.69) is 0 Å². The number of rotatable bonds is 5. The average molecular weight is 248 g/mol. The zero-order valence-corrected chi connectivity index (χ0v) is 10.3. The number of Topliss-reactive ketones (excluding diaryl/α,β-unsaturated/α-hetero) is 2. The number of unbranched alkanes of at least 4 members (excludes halogenated alkanes) is 2. The van der Waals surface area contributed by atoms with E-state index in [-0.39, 0.29) is 17.7 Å². The number of fused-ring (bicyclic) bond motifs is 1. The molecule has 0 amide bonds. The lowest BCUT2D eigenvalue weighted by Gasteiger charge is -2.19. The molecule has 0 bridgehead atoms. The average Bonchev–Trinajstić information content (AvgIpc) is 2.59. The van der Waals surface area contributed by atoms with Gasteiger partial charge in [-0.1, -0.05) is 44.0 Å². The second-order valence-corrected chi connectivity index (χ2v) is 4.40. The Bertz CT molecular complexity index is 443. The minimum Gasteiger partial charge on any atom is -0.353 e. The van der Waals surface area contributed by atoms with Gasteiger partial charge in [0.05, 0.1) is 6.61 Å². The molecule has 4 nitrogen and oxygen atoms in total. The third-order valence-electron chi connectivity index (χ3n) is 3.09. The summed E-state index contributed by atoms with van der Waals surface area (Å²) in [5.74, 6) is -3.61. The van der Waals surface area contributed by atoms with E-state index in [1.54, 1.807) is 12.1 Å². The van der Waals surface area contributed by atoms with Gasteiger partial charge in [0, 0.05) is 11.1 Å². The highest BCUT2D eigenvalue weighted by Gasteiger charge is 2.53. The first-order valence-corrected chi connectivity index (χ1v) is 6.16. The Hall–Kier alpha value is -1.52. The van der Waals surface area contributed by atoms with E-state index in [0.717, 1.165) is 19.3 Å². The SMILES string of the molecule is CCCCCOC1(O)C(=O)c2ccccc2C1=O. The smallest absolute Gasteiger partial charge is 0.297 e. The molecule has 0 spiro atoms. The van der Waals surface area contributed by atoms with E-state index in [4.69, 9.17) is 4.74 Å². The Kier molecular flexibility index (Phi) is 3.59. The van der Waals surface area contributed by atoms with Gasteiger partial charge in [0.15, 0.2) is 0 Å². The largest absolute Gasteiger partial charge is 0.353 e. The van der Waals surface area contributed by atoms with Crippen molar-refractivity contribution in [2.24, 2.45) is 0 Å². The second kappa shape index (κ2) is 5.00. The molecule has 0 radical (unpaired) electrons. The van der Waals surface area contributed by atoms with Crippen LogP contribution >= 0.6 is 0 Å². The van der Waals surface area contributed by atoms with Crippen LogP contribution in [-0.2, 0) is 4.74 Å². The summed E-state index contributed by atoms with van der Waals surface area (Å²) in [4.78, 5) is 24.0. The Morgan fingerprint density at radius 3 is 2.17 bits per heavy atom. The van der Waals surface area contributed by atoms with E-state index in [1.807, 2.05) is 6.92 Å². The third-order valence-corrected chi connectivity index (χ3v) is 3.09. The Labute approximate surface area is 106 Å². The normalized spacial score (nSPS) is 17.0. The highest BCUT2D eigenvalue weighted by molar-refractivity contribution is 6.30. The topological polar surface area (TPSA) is 63.6 Å². The van der Waals surface area contributed by atoms with Gasteiger partial charge in [0.1, 0.15) is 0 Å². The summed E-state index contributed by atoms with van der Waals surface area (Å²) in [5, 5.41) is 10.1. The van der Waals surface area contributed by atoms with E-state index in [1.165, 1.54) is 12.1 Å². The number of hydrogen-bond acceptors (Lipinski definition) is 4. The first kappa shape index (κ1) is 12.9. The summed E-state index contributed by atoms with van der Waals surface area (Å²) in [7, 11) is 0. The standard InChI is InChI=1S/C14H16O4/c1-2-3-6-9-18-14(17)12(15)10-7-4-5-8-11(10)13(14)16/h4-5,7-8,17H,2-3,6,9H2,1H3. The fourth-order valence-electron chi connectivity index (χ4n) is 2.05. The van der Waals surface area contributed by atoms with Crippen LogP contribution in [0.25, 0.3) is 0 Å². The molecule has 0 aromatic heterocycles. The lowest BCUT2D eigenvalue weighted by molar-refractivity contribution is -0.131. The molecule has 1 N–H and O–H groups in total. The maximum Gasteiger partial charge on any atom is 0.297 e. The van der Waals surface area contributed by atoms with Gasteiger partial charge in [-0.3, -0.25) is 9.59 Å². The monoisotopic (exact) mass is 248 g/mol. The van der Waals surface area contributed by atoms with Crippen LogP contribution in [0.4, 0.5) is 0 Å². The molecule has 4 heteroatoms. The minimum atomic E-state index is -2.31. The summed E-state index contributed by atoms with van der Waals surface area (Å²) in [6.45, 7) is 2.24. The summed E-state index contributed by atoms with van der Waals surface area (Å²) in [6.07, 6.45) is 2.66. The molecule has 0 heterocycles. The van der Waals surface area contributed by atoms with Crippen molar-refractivity contribution in [1.29, 1.82) is 0 Å². The zero-order chi connectivity index (χ0) is 13.2. The third kappa shape index (κ3) is 1.98. The molecular formula is C14H16O4. The maximum absolute atomic E-state index is 12.0. The molecule has 1 aliphatic carbocycles. The maximum atomic E-state index is 12.0. The number of carbonyl (C=O) groups is 2. The van der Waals surface area contributed by atoms with E-state index in [9.17, 15) is 14.7 Å². The minimum absolute atomic E-state index is 0.204. The van der Waals surface area contributed by atoms with Crippen LogP contribution in [0, 0.1) is 0 Å². The fourth-order valence-corrected chi connectivity index (χ4v) is 2.05. The van der Waals surface area contributed by atoms with Crippen LogP contribution in [0.15, 0.2) is 24.3 Å². The van der Waals surface area contributed by atoms with Gasteiger partial charge in [0.25, 0.3) is 5.79 Å². The van der Waals surface area contributed by atoms with Gasteiger partial charge >= 0.3 is 0 Å². The van der Waals surface area contributed by atoms with Gasteiger partial charge < -0.3 is 9.84 Å². The fraction of sp³-hybridized carbons (Fsp3) is 0.429. The molecule has 96 valence electrons. The van der Waals surface area contributed by atoms with E-state index >= 15 is 0 Å². The van der Waals surface area contributed by atoms with Gasteiger partial charge in [-0.25, -0.2) is 0 Å². The summed E-state index contributed by atoms with van der Waals surface area (Å²) in [5.41, 5.74) is 0.473. The first-order valence-electron chi connectivity index (χ1n) is 6.16. The second-order valence-electron chi connectivity index (χ2n) is 4.40. The van der Waals surface area contributed by atoms with Crippen LogP contribution in [-0.4, -0.2) is 29.1 Å². The number of aliphatic hydroxyl groups is 1. The van der Waals surface area contributed by atoms with Crippen LogP contribution in [0.2, 0.25) is 0 Å². The van der Waals surface area contributed by atoms with E-state index in [0.29, 0.717) is 0 Å². The number of ketones is 2. The molecule has 0 aliphatic heterocycles. The predicted octanol–water partition coefficient (Wildman–Crippen LogP) is 1.96. The molecule has 0 atom stereocenters. The molecule has 1 aliphatic rings. The van der Waals surface area contributed by atoms with Gasteiger partial charge in [0.2, 0.25) is 11.6 Å². The molecule has 18 heavy (non-hydrogen) atoms. The van der Waals surface area contributed by atoms with Crippen LogP contribution < -0.4 is 0 Å². The summed E-state index contributed by atoms with van der Waals surface area (Å²) < 4.78 is 5.16. The molecule has 1 aromatic rings. The molecule has 0 unspecified atom stereocenters. The van der Waals surface area contributed by atoms with Crippen molar-refractivity contribution in [3.8, 4) is 0 Å². The summed E-state index contributed by atoms with van der Waals surface area (Å²) >= 11 is 0. The number of benzene rings is 1. The van der Waals surface area contributed by atoms with E-state index < -0.39 is 17.4 Å². The van der Waals surface area contributed by atoms with Gasteiger partial charge in [-0.15, -0.1) is 0 Å². The zero-order valence-electron chi connectivity index (χ0n) is 10.3. The number of hydrogen-bond donors (Lipinski definition) is 1. The highest BCUT2D eigenvalue weighted by Crippen LogP contribution is 2.31. The summed E-state index contributed by atoms with van der Waals surface area (Å²) in [6, 6.07) is 6.38. The van der Waals surface area contributed by atoms with Crippen LogP contribution in [0.5, 0.6) is 0 Å². The van der Waals surface area contributed by atoms with Crippen molar-refractivity contribution in [3.63, 3.8) is 0 Å². The van der Waals surface area contributed by atoms with Gasteiger partial charge in [-0.2, -0.15) is 0 Å². The number of carbonyl (C=O) groups excluding carboxylic acids is 2. The molecular weight excluding hydrogens is 232 g/mol. The Morgan fingerprint density at radius 2 is 1.67 bits per heavy atom. The van der Waals surface area contributed by atoms with Crippen molar-refractivity contribution in [3.05, 3.63) is 35.4 Å².